The Labute approximate surface area is 164 Å². The molecule has 1 heterocycles. The van der Waals surface area contributed by atoms with Gasteiger partial charge in [-0.15, -0.1) is 24.0 Å². The van der Waals surface area contributed by atoms with E-state index >= 15 is 0 Å². The zero-order valence-electron chi connectivity index (χ0n) is 13.3. The lowest BCUT2D eigenvalue weighted by Crippen LogP contribution is -2.48. The van der Waals surface area contributed by atoms with Gasteiger partial charge in [0.1, 0.15) is 0 Å². The van der Waals surface area contributed by atoms with Gasteiger partial charge in [-0.25, -0.2) is 0 Å². The number of ether oxygens (including phenoxy) is 1. The van der Waals surface area contributed by atoms with Crippen LogP contribution in [-0.2, 0) is 11.3 Å². The molecule has 23 heavy (non-hydrogen) atoms. The molecule has 0 amide bonds. The van der Waals surface area contributed by atoms with Gasteiger partial charge < -0.3 is 20.3 Å². The summed E-state index contributed by atoms with van der Waals surface area (Å²) >= 11 is 12.1. The van der Waals surface area contributed by atoms with Crippen LogP contribution in [0.25, 0.3) is 0 Å². The van der Waals surface area contributed by atoms with Gasteiger partial charge in [-0.2, -0.15) is 0 Å². The summed E-state index contributed by atoms with van der Waals surface area (Å²) in [5, 5.41) is 7.80. The number of nitrogens with zero attached hydrogens (tertiary/aromatic N) is 2. The van der Waals surface area contributed by atoms with Gasteiger partial charge in [-0.05, 0) is 24.7 Å². The van der Waals surface area contributed by atoms with Gasteiger partial charge in [-0.1, -0.05) is 29.3 Å². The van der Waals surface area contributed by atoms with E-state index in [1.165, 1.54) is 0 Å². The standard InChI is InChI=1S/C15H22Cl2N4O.HI/c1-18-15(20-9-13-10-21(2)5-6-22-13)19-8-11-3-4-12(16)7-14(11)17;/h3-4,7,13H,5-6,8-10H2,1-2H3,(H2,18,19,20);1H. The number of guanidine groups is 1. The van der Waals surface area contributed by atoms with Crippen molar-refractivity contribution in [2.75, 3.05) is 40.3 Å². The molecule has 1 atom stereocenters. The highest BCUT2D eigenvalue weighted by Crippen LogP contribution is 2.20. The molecule has 1 aromatic carbocycles. The van der Waals surface area contributed by atoms with Crippen LogP contribution in [-0.4, -0.2) is 57.3 Å². The van der Waals surface area contributed by atoms with Crippen molar-refractivity contribution in [3.63, 3.8) is 0 Å². The molecule has 0 bridgehead atoms. The number of benzene rings is 1. The Morgan fingerprint density at radius 1 is 1.39 bits per heavy atom. The highest BCUT2D eigenvalue weighted by atomic mass is 127. The lowest BCUT2D eigenvalue weighted by atomic mass is 10.2. The molecule has 8 heteroatoms. The first kappa shape index (κ1) is 20.8. The average Bonchev–Trinajstić information content (AvgIpc) is 2.49. The van der Waals surface area contributed by atoms with E-state index in [0.717, 1.165) is 37.8 Å². The first-order chi connectivity index (χ1) is 10.6. The van der Waals surface area contributed by atoms with Gasteiger partial charge in [0.2, 0.25) is 0 Å². The molecule has 0 aliphatic carbocycles. The van der Waals surface area contributed by atoms with E-state index in [4.69, 9.17) is 27.9 Å². The van der Waals surface area contributed by atoms with Crippen molar-refractivity contribution in [2.24, 2.45) is 4.99 Å². The highest BCUT2D eigenvalue weighted by molar-refractivity contribution is 14.0. The SMILES string of the molecule is CN=C(NCc1ccc(Cl)cc1Cl)NCC1CN(C)CCO1.I. The Hall–Kier alpha value is -0.280. The number of hydrogen-bond donors (Lipinski definition) is 2. The van der Waals surface area contributed by atoms with Gasteiger partial charge in [-0.3, -0.25) is 4.99 Å². The summed E-state index contributed by atoms with van der Waals surface area (Å²) in [5.74, 6) is 0.725. The second-order valence-corrected chi connectivity index (χ2v) is 6.14. The maximum Gasteiger partial charge on any atom is 0.191 e. The normalized spacial score (nSPS) is 19.1. The van der Waals surface area contributed by atoms with E-state index in [1.54, 1.807) is 13.1 Å². The van der Waals surface area contributed by atoms with Crippen molar-refractivity contribution in [1.29, 1.82) is 0 Å². The molecule has 2 rings (SSSR count). The van der Waals surface area contributed by atoms with Gasteiger partial charge >= 0.3 is 0 Å². The smallest absolute Gasteiger partial charge is 0.191 e. The van der Waals surface area contributed by atoms with Crippen LogP contribution in [0.2, 0.25) is 10.0 Å². The summed E-state index contributed by atoms with van der Waals surface area (Å²) in [4.78, 5) is 6.47. The van der Waals surface area contributed by atoms with Crippen LogP contribution in [0.3, 0.4) is 0 Å². The zero-order chi connectivity index (χ0) is 15.9. The third-order valence-corrected chi connectivity index (χ3v) is 4.11. The summed E-state index contributed by atoms with van der Waals surface area (Å²) in [6.45, 7) is 3.99. The Morgan fingerprint density at radius 2 is 2.17 bits per heavy atom. The van der Waals surface area contributed by atoms with Gasteiger partial charge in [0.25, 0.3) is 0 Å². The molecule has 0 radical (unpaired) electrons. The molecule has 130 valence electrons. The van der Waals surface area contributed by atoms with Crippen molar-refractivity contribution >= 4 is 53.1 Å². The molecule has 1 unspecified atom stereocenters. The molecule has 0 spiro atoms. The van der Waals surface area contributed by atoms with E-state index in [2.05, 4.69) is 27.6 Å². The van der Waals surface area contributed by atoms with Crippen molar-refractivity contribution in [3.8, 4) is 0 Å². The molecule has 0 saturated carbocycles. The second-order valence-electron chi connectivity index (χ2n) is 5.30. The number of rotatable bonds is 4. The van der Waals surface area contributed by atoms with E-state index in [1.807, 2.05) is 12.1 Å². The number of hydrogen-bond acceptors (Lipinski definition) is 3. The first-order valence-electron chi connectivity index (χ1n) is 7.27. The third-order valence-electron chi connectivity index (χ3n) is 3.52. The van der Waals surface area contributed by atoms with Crippen LogP contribution in [0.1, 0.15) is 5.56 Å². The highest BCUT2D eigenvalue weighted by Gasteiger charge is 2.17. The van der Waals surface area contributed by atoms with Crippen molar-refractivity contribution in [3.05, 3.63) is 33.8 Å². The largest absolute Gasteiger partial charge is 0.374 e. The quantitative estimate of drug-likeness (QED) is 0.401. The van der Waals surface area contributed by atoms with Crippen molar-refractivity contribution in [1.82, 2.24) is 15.5 Å². The summed E-state index contributed by atoms with van der Waals surface area (Å²) < 4.78 is 5.72. The third kappa shape index (κ3) is 7.01. The van der Waals surface area contributed by atoms with E-state index < -0.39 is 0 Å². The predicted molar refractivity (Wildman–Crippen MR) is 107 cm³/mol. The summed E-state index contributed by atoms with van der Waals surface area (Å²) in [6.07, 6.45) is 0.177. The van der Waals surface area contributed by atoms with E-state index in [0.29, 0.717) is 16.6 Å². The Kier molecular flexibility index (Phi) is 9.53. The van der Waals surface area contributed by atoms with Gasteiger partial charge in [0.05, 0.1) is 12.7 Å². The molecule has 1 saturated heterocycles. The van der Waals surface area contributed by atoms with E-state index in [-0.39, 0.29) is 30.1 Å². The Morgan fingerprint density at radius 3 is 2.83 bits per heavy atom. The molecule has 1 aromatic rings. The van der Waals surface area contributed by atoms with Crippen LogP contribution < -0.4 is 10.6 Å². The topological polar surface area (TPSA) is 48.9 Å². The minimum absolute atomic E-state index is 0. The number of nitrogens with one attached hydrogen (secondary N) is 2. The predicted octanol–water partition coefficient (Wildman–Crippen LogP) is 2.61. The molecular weight excluding hydrogens is 450 g/mol. The maximum atomic E-state index is 6.16. The van der Waals surface area contributed by atoms with Crippen LogP contribution in [0.4, 0.5) is 0 Å². The maximum absolute atomic E-state index is 6.16. The number of morpholine rings is 1. The summed E-state index contributed by atoms with van der Waals surface area (Å²) in [7, 11) is 3.85. The first-order valence-corrected chi connectivity index (χ1v) is 8.02. The molecule has 2 N–H and O–H groups in total. The van der Waals surface area contributed by atoms with Crippen LogP contribution in [0.15, 0.2) is 23.2 Å². The summed E-state index contributed by atoms with van der Waals surface area (Å²) in [6, 6.07) is 5.47. The fourth-order valence-electron chi connectivity index (χ4n) is 2.27. The van der Waals surface area contributed by atoms with Crippen LogP contribution in [0.5, 0.6) is 0 Å². The lowest BCUT2D eigenvalue weighted by molar-refractivity contribution is -0.0161. The molecule has 1 fully saturated rings. The fourth-order valence-corrected chi connectivity index (χ4v) is 2.74. The zero-order valence-corrected chi connectivity index (χ0v) is 17.2. The minimum atomic E-state index is 0. The summed E-state index contributed by atoms with van der Waals surface area (Å²) in [5.41, 5.74) is 0.975. The molecule has 1 aliphatic rings. The lowest BCUT2D eigenvalue weighted by Gasteiger charge is -2.30. The molecular formula is C15H23Cl2IN4O. The van der Waals surface area contributed by atoms with Gasteiger partial charge in [0, 0.05) is 43.3 Å². The molecule has 0 aromatic heterocycles. The molecule has 1 aliphatic heterocycles. The Bertz CT molecular complexity index is 530. The number of halogens is 3. The van der Waals surface area contributed by atoms with Gasteiger partial charge in [0.15, 0.2) is 5.96 Å². The average molecular weight is 473 g/mol. The fraction of sp³-hybridized carbons (Fsp3) is 0.533. The van der Waals surface area contributed by atoms with Crippen molar-refractivity contribution < 1.29 is 4.74 Å². The second kappa shape index (κ2) is 10.6. The van der Waals surface area contributed by atoms with Crippen LogP contribution >= 0.6 is 47.2 Å². The monoisotopic (exact) mass is 472 g/mol. The van der Waals surface area contributed by atoms with Crippen LogP contribution in [0, 0.1) is 0 Å². The van der Waals surface area contributed by atoms with Crippen molar-refractivity contribution in [2.45, 2.75) is 12.6 Å². The number of aliphatic imine (C=N–C) groups is 1. The van der Waals surface area contributed by atoms with E-state index in [9.17, 15) is 0 Å². The minimum Gasteiger partial charge on any atom is -0.374 e. The Balaban J connectivity index is 0.00000264. The molecule has 5 nitrogen and oxygen atoms in total. The number of likely N-dealkylation sites (N-methyl/N-ethyl adjacent to an activating group) is 1.